The number of aliphatic hydroxyl groups is 1. The molecule has 0 saturated carbocycles. The number of piperidine rings is 1. The van der Waals surface area contributed by atoms with Gasteiger partial charge in [-0.1, -0.05) is 13.0 Å². The Morgan fingerprint density at radius 3 is 2.65 bits per heavy atom. The number of amides is 1. The van der Waals surface area contributed by atoms with E-state index >= 15 is 0 Å². The lowest BCUT2D eigenvalue weighted by Crippen LogP contribution is -2.51. The zero-order valence-electron chi connectivity index (χ0n) is 13.3. The molecule has 126 valence electrons. The molecule has 3 rings (SSSR count). The van der Waals surface area contributed by atoms with Crippen LogP contribution in [0.2, 0.25) is 0 Å². The zero-order chi connectivity index (χ0) is 16.6. The number of nitrogens with zero attached hydrogens (tertiary/aromatic N) is 2. The second kappa shape index (κ2) is 6.17. The monoisotopic (exact) mass is 324 g/mol. The average Bonchev–Trinajstić information content (AvgIpc) is 2.89. The van der Waals surface area contributed by atoms with Gasteiger partial charge >= 0.3 is 0 Å². The highest BCUT2D eigenvalue weighted by atomic mass is 19.1. The molecule has 0 aromatic heterocycles. The second-order valence-corrected chi connectivity index (χ2v) is 6.91. The van der Waals surface area contributed by atoms with Crippen LogP contribution in [0.3, 0.4) is 0 Å². The van der Waals surface area contributed by atoms with Gasteiger partial charge in [0.1, 0.15) is 17.3 Å². The molecule has 1 amide bonds. The first-order valence-corrected chi connectivity index (χ1v) is 8.05. The van der Waals surface area contributed by atoms with Crippen molar-refractivity contribution in [2.24, 2.45) is 5.41 Å². The summed E-state index contributed by atoms with van der Waals surface area (Å²) in [6, 6.07) is 3.27. The van der Waals surface area contributed by atoms with E-state index < -0.39 is 11.6 Å². The molecule has 1 N–H and O–H groups in total. The van der Waals surface area contributed by atoms with Crippen LogP contribution in [0.15, 0.2) is 18.2 Å². The molecule has 2 atom stereocenters. The van der Waals surface area contributed by atoms with Gasteiger partial charge in [-0.15, -0.1) is 0 Å². The molecule has 6 heteroatoms. The van der Waals surface area contributed by atoms with E-state index in [4.69, 9.17) is 0 Å². The number of halogens is 2. The van der Waals surface area contributed by atoms with E-state index in [9.17, 15) is 18.7 Å². The van der Waals surface area contributed by atoms with E-state index in [1.807, 2.05) is 6.92 Å². The van der Waals surface area contributed by atoms with Crippen molar-refractivity contribution in [1.29, 1.82) is 0 Å². The van der Waals surface area contributed by atoms with Crippen molar-refractivity contribution in [3.63, 3.8) is 0 Å². The molecule has 2 aliphatic rings. The molecule has 0 spiro atoms. The van der Waals surface area contributed by atoms with Crippen molar-refractivity contribution in [2.45, 2.75) is 32.2 Å². The van der Waals surface area contributed by atoms with Crippen molar-refractivity contribution in [3.05, 3.63) is 29.8 Å². The van der Waals surface area contributed by atoms with Crippen LogP contribution >= 0.6 is 0 Å². The van der Waals surface area contributed by atoms with Crippen LogP contribution in [-0.4, -0.2) is 48.2 Å². The maximum atomic E-state index is 13.9. The lowest BCUT2D eigenvalue weighted by molar-refractivity contribution is -0.123. The summed E-state index contributed by atoms with van der Waals surface area (Å²) in [5, 5.41) is 9.56. The number of hydrogen-bond acceptors (Lipinski definition) is 3. The predicted octanol–water partition coefficient (Wildman–Crippen LogP) is 2.16. The molecule has 2 fully saturated rings. The normalized spacial score (nSPS) is 29.3. The van der Waals surface area contributed by atoms with E-state index in [0.717, 1.165) is 19.4 Å². The van der Waals surface area contributed by atoms with Gasteiger partial charge in [0.25, 0.3) is 0 Å². The number of rotatable bonds is 3. The van der Waals surface area contributed by atoms with Crippen molar-refractivity contribution >= 4 is 11.6 Å². The molecule has 0 bridgehead atoms. The molecule has 1 aromatic carbocycles. The maximum Gasteiger partial charge on any atom is 0.244 e. The number of para-hydroxylation sites is 1. The second-order valence-electron chi connectivity index (χ2n) is 6.91. The number of likely N-dealkylation sites (tertiary alicyclic amines) is 1. The number of carbonyl (C=O) groups is 1. The van der Waals surface area contributed by atoms with E-state index in [1.165, 1.54) is 23.1 Å². The minimum absolute atomic E-state index is 0.0794. The topological polar surface area (TPSA) is 43.8 Å². The van der Waals surface area contributed by atoms with Gasteiger partial charge in [-0.25, -0.2) is 8.78 Å². The maximum absolute atomic E-state index is 13.9. The first-order chi connectivity index (χ1) is 10.9. The average molecular weight is 324 g/mol. The summed E-state index contributed by atoms with van der Waals surface area (Å²) in [7, 11) is 0. The van der Waals surface area contributed by atoms with Crippen molar-refractivity contribution in [3.8, 4) is 0 Å². The fraction of sp³-hybridized carbons (Fsp3) is 0.588. The Morgan fingerprint density at radius 2 is 2.00 bits per heavy atom. The van der Waals surface area contributed by atoms with Gasteiger partial charge < -0.3 is 10.0 Å². The smallest absolute Gasteiger partial charge is 0.244 e. The van der Waals surface area contributed by atoms with Crippen molar-refractivity contribution in [1.82, 2.24) is 4.90 Å². The van der Waals surface area contributed by atoms with E-state index in [-0.39, 0.29) is 29.7 Å². The number of anilines is 1. The molecule has 2 aliphatic heterocycles. The van der Waals surface area contributed by atoms with Gasteiger partial charge in [0.05, 0.1) is 6.04 Å². The third-order valence-electron chi connectivity index (χ3n) is 5.02. The van der Waals surface area contributed by atoms with Crippen LogP contribution in [0.4, 0.5) is 14.5 Å². The summed E-state index contributed by atoms with van der Waals surface area (Å²) in [4.78, 5) is 16.0. The molecule has 2 heterocycles. The van der Waals surface area contributed by atoms with E-state index in [0.29, 0.717) is 19.5 Å². The molecule has 0 aliphatic carbocycles. The van der Waals surface area contributed by atoms with Gasteiger partial charge in [-0.05, 0) is 37.9 Å². The van der Waals surface area contributed by atoms with Gasteiger partial charge in [0.2, 0.25) is 5.91 Å². The Labute approximate surface area is 134 Å². The van der Waals surface area contributed by atoms with Gasteiger partial charge in [0, 0.05) is 25.1 Å². The molecule has 4 nitrogen and oxygen atoms in total. The first-order valence-electron chi connectivity index (χ1n) is 8.05. The van der Waals surface area contributed by atoms with Crippen LogP contribution in [0.5, 0.6) is 0 Å². The molecule has 2 saturated heterocycles. The fourth-order valence-electron chi connectivity index (χ4n) is 3.73. The summed E-state index contributed by atoms with van der Waals surface area (Å²) < 4.78 is 27.9. The largest absolute Gasteiger partial charge is 0.396 e. The minimum Gasteiger partial charge on any atom is -0.396 e. The summed E-state index contributed by atoms with van der Waals surface area (Å²) in [5.74, 6) is -1.67. The van der Waals surface area contributed by atoms with Gasteiger partial charge in [-0.3, -0.25) is 9.69 Å². The van der Waals surface area contributed by atoms with Gasteiger partial charge in [0.15, 0.2) is 0 Å². The number of hydrogen-bond donors (Lipinski definition) is 1. The Balaban J connectivity index is 1.79. The van der Waals surface area contributed by atoms with Crippen LogP contribution < -0.4 is 4.90 Å². The zero-order valence-corrected chi connectivity index (χ0v) is 13.3. The predicted molar refractivity (Wildman–Crippen MR) is 83.1 cm³/mol. The van der Waals surface area contributed by atoms with Crippen LogP contribution in [-0.2, 0) is 4.79 Å². The standard InChI is InChI=1S/C17H22F2N2O2/c1-17(11-22)7-3-8-20(10-17)14-6-9-21(16(14)23)15-12(18)4-2-5-13(15)19/h2,4-5,14,22H,3,6-11H2,1H3. The number of carbonyl (C=O) groups excluding carboxylic acids is 1. The molecular weight excluding hydrogens is 302 g/mol. The highest BCUT2D eigenvalue weighted by molar-refractivity contribution is 5.99. The van der Waals surface area contributed by atoms with Gasteiger partial charge in [-0.2, -0.15) is 0 Å². The summed E-state index contributed by atoms with van der Waals surface area (Å²) in [6.45, 7) is 3.81. The quantitative estimate of drug-likeness (QED) is 0.927. The Hall–Kier alpha value is -1.53. The number of benzene rings is 1. The Kier molecular flexibility index (Phi) is 4.38. The van der Waals surface area contributed by atoms with Crippen LogP contribution in [0.25, 0.3) is 0 Å². The molecule has 23 heavy (non-hydrogen) atoms. The van der Waals surface area contributed by atoms with Crippen LogP contribution in [0.1, 0.15) is 26.2 Å². The third kappa shape index (κ3) is 2.97. The highest BCUT2D eigenvalue weighted by Crippen LogP contribution is 2.34. The Morgan fingerprint density at radius 1 is 1.30 bits per heavy atom. The first kappa shape index (κ1) is 16.3. The lowest BCUT2D eigenvalue weighted by Gasteiger charge is -2.41. The summed E-state index contributed by atoms with van der Waals surface area (Å²) >= 11 is 0. The third-order valence-corrected chi connectivity index (χ3v) is 5.02. The molecule has 2 unspecified atom stereocenters. The Bertz CT molecular complexity index is 590. The highest BCUT2D eigenvalue weighted by Gasteiger charge is 2.42. The minimum atomic E-state index is -0.710. The van der Waals surface area contributed by atoms with Crippen LogP contribution in [0, 0.1) is 17.0 Å². The van der Waals surface area contributed by atoms with Crippen molar-refractivity contribution in [2.75, 3.05) is 31.1 Å². The summed E-state index contributed by atoms with van der Waals surface area (Å²) in [5.41, 5.74) is -0.461. The number of aliphatic hydroxyl groups excluding tert-OH is 1. The fourth-order valence-corrected chi connectivity index (χ4v) is 3.73. The molecule has 1 aromatic rings. The SMILES string of the molecule is CC1(CO)CCCN(C2CCN(c3c(F)cccc3F)C2=O)C1. The lowest BCUT2D eigenvalue weighted by atomic mass is 9.82. The molecular formula is C17H22F2N2O2. The van der Waals surface area contributed by atoms with E-state index in [1.54, 1.807) is 0 Å². The van der Waals surface area contributed by atoms with Crippen molar-refractivity contribution < 1.29 is 18.7 Å². The summed E-state index contributed by atoms with van der Waals surface area (Å²) in [6.07, 6.45) is 2.38. The van der Waals surface area contributed by atoms with E-state index in [2.05, 4.69) is 4.90 Å². The molecule has 0 radical (unpaired) electrons.